The van der Waals surface area contributed by atoms with Gasteiger partial charge in [-0.05, 0) is 47.9 Å². The van der Waals surface area contributed by atoms with Crippen molar-refractivity contribution in [3.63, 3.8) is 0 Å². The van der Waals surface area contributed by atoms with Crippen LogP contribution in [0, 0.1) is 11.8 Å². The molecule has 1 unspecified atom stereocenters. The second-order valence-corrected chi connectivity index (χ2v) is 13.5. The Hall–Kier alpha value is -3.88. The van der Waals surface area contributed by atoms with Crippen LogP contribution in [0.4, 0.5) is 5.69 Å². The summed E-state index contributed by atoms with van der Waals surface area (Å²) >= 11 is 1.51. The number of aliphatic hydroxyl groups excluding tert-OH is 1. The van der Waals surface area contributed by atoms with Crippen LogP contribution >= 0.6 is 11.8 Å². The Balaban J connectivity index is 1.37. The SMILES string of the molecule is C[C@@]12C=CCOC(=O)[C@@H]1[C@H]1C(=O)N([C@@H](CO)Cc3ccccc3)C3C(=O)N(c4ccc5ccccc5c4)CC=C[C@@]31S2. The highest BCUT2D eigenvalue weighted by molar-refractivity contribution is 8.02. The van der Waals surface area contributed by atoms with Gasteiger partial charge in [0.2, 0.25) is 5.91 Å². The second kappa shape index (κ2) is 10.1. The molecule has 2 fully saturated rings. The van der Waals surface area contributed by atoms with Crippen molar-refractivity contribution in [2.75, 3.05) is 24.7 Å². The van der Waals surface area contributed by atoms with Crippen LogP contribution < -0.4 is 4.90 Å². The fourth-order valence-corrected chi connectivity index (χ4v) is 9.54. The molecule has 0 bridgehead atoms. The minimum atomic E-state index is -1.01. The van der Waals surface area contributed by atoms with Gasteiger partial charge in [-0.2, -0.15) is 0 Å². The monoisotopic (exact) mass is 580 g/mol. The summed E-state index contributed by atoms with van der Waals surface area (Å²) in [6.45, 7) is 2.13. The van der Waals surface area contributed by atoms with Gasteiger partial charge < -0.3 is 19.6 Å². The average Bonchev–Trinajstić information content (AvgIpc) is 3.26. The zero-order chi connectivity index (χ0) is 29.1. The first kappa shape index (κ1) is 27.0. The van der Waals surface area contributed by atoms with Crippen LogP contribution in [-0.4, -0.2) is 69.1 Å². The van der Waals surface area contributed by atoms with Crippen molar-refractivity contribution in [3.8, 4) is 0 Å². The van der Waals surface area contributed by atoms with E-state index in [1.807, 2.05) is 104 Å². The van der Waals surface area contributed by atoms with E-state index in [1.54, 1.807) is 9.80 Å². The molecular weight excluding hydrogens is 548 g/mol. The molecular formula is C34H32N2O5S. The lowest BCUT2D eigenvalue weighted by atomic mass is 9.75. The average molecular weight is 581 g/mol. The lowest BCUT2D eigenvalue weighted by Crippen LogP contribution is -2.57. The number of hydrogen-bond acceptors (Lipinski definition) is 6. The number of thioether (sulfide) groups is 1. The molecule has 0 saturated carbocycles. The van der Waals surface area contributed by atoms with Crippen molar-refractivity contribution >= 4 is 46.0 Å². The van der Waals surface area contributed by atoms with Crippen LogP contribution in [0.3, 0.4) is 0 Å². The molecule has 0 radical (unpaired) electrons. The smallest absolute Gasteiger partial charge is 0.311 e. The molecule has 1 N–H and O–H groups in total. The summed E-state index contributed by atoms with van der Waals surface area (Å²) in [7, 11) is 0. The van der Waals surface area contributed by atoms with E-state index in [0.29, 0.717) is 13.0 Å². The van der Waals surface area contributed by atoms with Crippen molar-refractivity contribution in [2.24, 2.45) is 11.8 Å². The molecule has 2 amide bonds. The first-order valence-electron chi connectivity index (χ1n) is 14.4. The Labute approximate surface area is 248 Å². The highest BCUT2D eigenvalue weighted by atomic mass is 32.2. The molecule has 3 aromatic rings. The normalized spacial score (nSPS) is 30.9. The van der Waals surface area contributed by atoms with Crippen LogP contribution in [0.15, 0.2) is 97.1 Å². The van der Waals surface area contributed by atoms with E-state index in [2.05, 4.69) is 0 Å². The van der Waals surface area contributed by atoms with Crippen molar-refractivity contribution in [2.45, 2.75) is 34.9 Å². The number of hydrogen-bond donors (Lipinski definition) is 1. The molecule has 7 rings (SSSR count). The molecule has 4 aliphatic rings. The van der Waals surface area contributed by atoms with Crippen molar-refractivity contribution in [1.29, 1.82) is 0 Å². The van der Waals surface area contributed by atoms with Gasteiger partial charge in [-0.1, -0.05) is 78.9 Å². The lowest BCUT2D eigenvalue weighted by Gasteiger charge is -2.39. The number of fused-ring (bicyclic) bond motifs is 3. The summed E-state index contributed by atoms with van der Waals surface area (Å²) in [6, 6.07) is 22.0. The molecule has 7 nitrogen and oxygen atoms in total. The van der Waals surface area contributed by atoms with E-state index in [9.17, 15) is 19.5 Å². The highest BCUT2D eigenvalue weighted by Crippen LogP contribution is 2.65. The van der Waals surface area contributed by atoms with Crippen LogP contribution in [0.25, 0.3) is 10.8 Å². The Morgan fingerprint density at radius 3 is 2.48 bits per heavy atom. The third-order valence-corrected chi connectivity index (χ3v) is 11.0. The summed E-state index contributed by atoms with van der Waals surface area (Å²) in [5.74, 6) is -2.51. The molecule has 6 atom stereocenters. The van der Waals surface area contributed by atoms with Gasteiger partial charge in [-0.15, -0.1) is 11.8 Å². The number of anilines is 1. The maximum absolute atomic E-state index is 14.9. The zero-order valence-corrected chi connectivity index (χ0v) is 24.1. The molecule has 0 aliphatic carbocycles. The van der Waals surface area contributed by atoms with Gasteiger partial charge in [0.1, 0.15) is 12.6 Å². The van der Waals surface area contributed by atoms with Crippen LogP contribution in [0.2, 0.25) is 0 Å². The highest BCUT2D eigenvalue weighted by Gasteiger charge is 2.74. The minimum absolute atomic E-state index is 0.157. The number of carbonyl (C=O) groups excluding carboxylic acids is 3. The first-order chi connectivity index (χ1) is 20.4. The number of nitrogens with zero attached hydrogens (tertiary/aromatic N) is 2. The number of carbonyl (C=O) groups is 3. The van der Waals surface area contributed by atoms with Gasteiger partial charge in [0.15, 0.2) is 0 Å². The van der Waals surface area contributed by atoms with Crippen molar-refractivity contribution < 1.29 is 24.2 Å². The maximum atomic E-state index is 14.9. The zero-order valence-electron chi connectivity index (χ0n) is 23.3. The molecule has 1 spiro atoms. The molecule has 42 heavy (non-hydrogen) atoms. The van der Waals surface area contributed by atoms with E-state index in [-0.39, 0.29) is 25.0 Å². The minimum Gasteiger partial charge on any atom is -0.461 e. The standard InChI is InChI=1S/C34H32N2O5S/c1-33-15-8-18-41-32(40)28(33)27-30(38)36(26(21-37)19-22-9-3-2-4-10-22)29-31(39)35(17-7-16-34(27,29)42-33)25-14-13-23-11-5-6-12-24(23)20-25/h2-16,20,26-29,37H,17-19,21H2,1H3/t26-,27+,28+,29?,33-,34+/m1/s1. The molecule has 3 aromatic carbocycles. The molecule has 214 valence electrons. The molecule has 0 aromatic heterocycles. The van der Waals surface area contributed by atoms with E-state index in [4.69, 9.17) is 4.74 Å². The third-order valence-electron chi connectivity index (χ3n) is 9.21. The third kappa shape index (κ3) is 4.03. The van der Waals surface area contributed by atoms with Crippen LogP contribution in [0.5, 0.6) is 0 Å². The fraction of sp³-hybridized carbons (Fsp3) is 0.324. The van der Waals surface area contributed by atoms with Gasteiger partial charge in [0, 0.05) is 17.0 Å². The summed E-state index contributed by atoms with van der Waals surface area (Å²) in [5, 5.41) is 12.8. The summed E-state index contributed by atoms with van der Waals surface area (Å²) in [4.78, 5) is 46.3. The maximum Gasteiger partial charge on any atom is 0.311 e. The van der Waals surface area contributed by atoms with Crippen LogP contribution in [0.1, 0.15) is 12.5 Å². The quantitative estimate of drug-likeness (QED) is 0.361. The number of esters is 1. The molecule has 4 heterocycles. The predicted octanol–water partition coefficient (Wildman–Crippen LogP) is 4.15. The number of aliphatic hydroxyl groups is 1. The Morgan fingerprint density at radius 1 is 0.929 bits per heavy atom. The molecule has 8 heteroatoms. The second-order valence-electron chi connectivity index (χ2n) is 11.7. The number of rotatable bonds is 5. The number of amides is 2. The molecule has 2 saturated heterocycles. The Kier molecular flexibility index (Phi) is 6.51. The first-order valence-corrected chi connectivity index (χ1v) is 15.2. The van der Waals surface area contributed by atoms with Gasteiger partial charge in [0.05, 0.1) is 29.2 Å². The van der Waals surface area contributed by atoms with Gasteiger partial charge >= 0.3 is 5.97 Å². The van der Waals surface area contributed by atoms with Gasteiger partial charge in [-0.25, -0.2) is 0 Å². The van der Waals surface area contributed by atoms with E-state index in [1.165, 1.54) is 11.8 Å². The number of benzene rings is 3. The number of likely N-dealkylation sites (tertiary alicyclic amines) is 1. The number of ether oxygens (including phenoxy) is 1. The Bertz CT molecular complexity index is 1640. The van der Waals surface area contributed by atoms with Gasteiger partial charge in [-0.3, -0.25) is 14.4 Å². The fourth-order valence-electron chi connectivity index (χ4n) is 7.40. The number of cyclic esters (lactones) is 1. The largest absolute Gasteiger partial charge is 0.461 e. The van der Waals surface area contributed by atoms with Gasteiger partial charge in [0.25, 0.3) is 5.91 Å². The lowest BCUT2D eigenvalue weighted by molar-refractivity contribution is -0.153. The predicted molar refractivity (Wildman–Crippen MR) is 163 cm³/mol. The summed E-state index contributed by atoms with van der Waals surface area (Å²) in [6.07, 6.45) is 8.12. The van der Waals surface area contributed by atoms with E-state index < -0.39 is 39.4 Å². The van der Waals surface area contributed by atoms with E-state index in [0.717, 1.165) is 22.0 Å². The summed E-state index contributed by atoms with van der Waals surface area (Å²) < 4.78 is 3.81. The van der Waals surface area contributed by atoms with Crippen molar-refractivity contribution in [3.05, 3.63) is 103 Å². The molecule has 4 aliphatic heterocycles. The topological polar surface area (TPSA) is 87.1 Å². The summed E-state index contributed by atoms with van der Waals surface area (Å²) in [5.41, 5.74) is 1.69. The van der Waals surface area contributed by atoms with E-state index >= 15 is 0 Å². The van der Waals surface area contributed by atoms with Crippen molar-refractivity contribution in [1.82, 2.24) is 4.90 Å². The van der Waals surface area contributed by atoms with Crippen LogP contribution in [-0.2, 0) is 25.5 Å². The Morgan fingerprint density at radius 2 is 1.69 bits per heavy atom.